The van der Waals surface area contributed by atoms with Gasteiger partial charge >= 0.3 is 0 Å². The predicted octanol–water partition coefficient (Wildman–Crippen LogP) is 2.76. The molecule has 0 spiro atoms. The van der Waals surface area contributed by atoms with Crippen molar-refractivity contribution in [3.8, 4) is 0 Å². The van der Waals surface area contributed by atoms with Crippen LogP contribution in [0, 0.1) is 0 Å². The van der Waals surface area contributed by atoms with Crippen LogP contribution in [0.15, 0.2) is 18.5 Å². The monoisotopic (exact) mass is 221 g/mol. The van der Waals surface area contributed by atoms with E-state index in [9.17, 15) is 0 Å². The summed E-state index contributed by atoms with van der Waals surface area (Å²) < 4.78 is 2.15. The van der Waals surface area contributed by atoms with Crippen LogP contribution in [0.5, 0.6) is 0 Å². The summed E-state index contributed by atoms with van der Waals surface area (Å²) in [6, 6.07) is 3.18. The van der Waals surface area contributed by atoms with E-state index in [1.165, 1.54) is 38.5 Å². The highest BCUT2D eigenvalue weighted by atomic mass is 15.3. The third-order valence-electron chi connectivity index (χ3n) is 3.56. The SMILES string of the molecule is CCNC1CCCCCCC1n1cccn1. The fraction of sp³-hybridized carbons (Fsp3) is 0.769. The minimum absolute atomic E-state index is 0.551. The van der Waals surface area contributed by atoms with Crippen LogP contribution in [-0.4, -0.2) is 22.4 Å². The summed E-state index contributed by atoms with van der Waals surface area (Å²) in [6.07, 6.45) is 12.0. The third-order valence-corrected chi connectivity index (χ3v) is 3.56. The lowest BCUT2D eigenvalue weighted by molar-refractivity contribution is 0.270. The number of nitrogens with one attached hydrogen (secondary N) is 1. The third kappa shape index (κ3) is 2.85. The zero-order valence-corrected chi connectivity index (χ0v) is 10.2. The Morgan fingerprint density at radius 2 is 2.06 bits per heavy atom. The lowest BCUT2D eigenvalue weighted by Crippen LogP contribution is -2.38. The van der Waals surface area contributed by atoms with Gasteiger partial charge in [0, 0.05) is 18.4 Å². The molecule has 0 aliphatic heterocycles. The van der Waals surface area contributed by atoms with Gasteiger partial charge in [-0.05, 0) is 25.5 Å². The number of aromatic nitrogens is 2. The van der Waals surface area contributed by atoms with Crippen molar-refractivity contribution in [2.75, 3.05) is 6.54 Å². The maximum atomic E-state index is 4.42. The van der Waals surface area contributed by atoms with Gasteiger partial charge in [-0.15, -0.1) is 0 Å². The molecule has 0 amide bonds. The van der Waals surface area contributed by atoms with Crippen LogP contribution in [0.2, 0.25) is 0 Å². The minimum Gasteiger partial charge on any atom is -0.312 e. The molecule has 2 rings (SSSR count). The Balaban J connectivity index is 2.08. The highest BCUT2D eigenvalue weighted by molar-refractivity contribution is 4.87. The number of rotatable bonds is 3. The minimum atomic E-state index is 0.551. The summed E-state index contributed by atoms with van der Waals surface area (Å²) in [5, 5.41) is 8.05. The summed E-state index contributed by atoms with van der Waals surface area (Å²) >= 11 is 0. The van der Waals surface area contributed by atoms with Crippen LogP contribution in [-0.2, 0) is 0 Å². The average molecular weight is 221 g/mol. The normalized spacial score (nSPS) is 27.3. The van der Waals surface area contributed by atoms with Crippen LogP contribution >= 0.6 is 0 Å². The van der Waals surface area contributed by atoms with Crippen molar-refractivity contribution in [3.05, 3.63) is 18.5 Å². The second-order valence-electron chi connectivity index (χ2n) is 4.71. The van der Waals surface area contributed by atoms with E-state index in [1.54, 1.807) is 0 Å². The molecule has 1 aliphatic rings. The predicted molar refractivity (Wildman–Crippen MR) is 66.4 cm³/mol. The highest BCUT2D eigenvalue weighted by Gasteiger charge is 2.23. The number of likely N-dealkylation sites (N-methyl/N-ethyl adjacent to an activating group) is 1. The van der Waals surface area contributed by atoms with Gasteiger partial charge in [-0.3, -0.25) is 4.68 Å². The van der Waals surface area contributed by atoms with E-state index in [-0.39, 0.29) is 0 Å². The zero-order chi connectivity index (χ0) is 11.2. The van der Waals surface area contributed by atoms with Crippen LogP contribution in [0.1, 0.15) is 51.5 Å². The van der Waals surface area contributed by atoms with Gasteiger partial charge in [-0.25, -0.2) is 0 Å². The molecule has 1 aromatic rings. The first-order chi connectivity index (χ1) is 7.92. The molecular formula is C13H23N3. The summed E-state index contributed by atoms with van der Waals surface area (Å²) in [6.45, 7) is 3.25. The van der Waals surface area contributed by atoms with E-state index in [0.717, 1.165) is 6.54 Å². The summed E-state index contributed by atoms with van der Waals surface area (Å²) in [4.78, 5) is 0. The van der Waals surface area contributed by atoms with Gasteiger partial charge in [-0.2, -0.15) is 5.10 Å². The quantitative estimate of drug-likeness (QED) is 0.850. The molecule has 3 nitrogen and oxygen atoms in total. The Bertz CT molecular complexity index is 281. The van der Waals surface area contributed by atoms with Crippen LogP contribution in [0.25, 0.3) is 0 Å². The smallest absolute Gasteiger partial charge is 0.0672 e. The van der Waals surface area contributed by atoms with Gasteiger partial charge in [0.25, 0.3) is 0 Å². The van der Waals surface area contributed by atoms with Gasteiger partial charge in [0.2, 0.25) is 0 Å². The fourth-order valence-corrected chi connectivity index (χ4v) is 2.76. The molecule has 2 unspecified atom stereocenters. The van der Waals surface area contributed by atoms with E-state index < -0.39 is 0 Å². The standard InChI is InChI=1S/C13H23N3/c1-2-14-12-8-5-3-4-6-9-13(12)16-11-7-10-15-16/h7,10-14H,2-6,8-9H2,1H3. The molecule has 16 heavy (non-hydrogen) atoms. The number of hydrogen-bond donors (Lipinski definition) is 1. The Morgan fingerprint density at radius 3 is 2.75 bits per heavy atom. The fourth-order valence-electron chi connectivity index (χ4n) is 2.76. The van der Waals surface area contributed by atoms with Crippen molar-refractivity contribution < 1.29 is 0 Å². The van der Waals surface area contributed by atoms with Gasteiger partial charge in [0.05, 0.1) is 6.04 Å². The largest absolute Gasteiger partial charge is 0.312 e. The van der Waals surface area contributed by atoms with Gasteiger partial charge in [0.15, 0.2) is 0 Å². The maximum absolute atomic E-state index is 4.42. The maximum Gasteiger partial charge on any atom is 0.0672 e. The number of nitrogens with zero attached hydrogens (tertiary/aromatic N) is 2. The molecule has 1 aromatic heterocycles. The zero-order valence-electron chi connectivity index (χ0n) is 10.2. The first-order valence-electron chi connectivity index (χ1n) is 6.64. The lowest BCUT2D eigenvalue weighted by Gasteiger charge is -2.30. The Labute approximate surface area is 98.2 Å². The van der Waals surface area contributed by atoms with Crippen LogP contribution < -0.4 is 5.32 Å². The van der Waals surface area contributed by atoms with E-state index in [4.69, 9.17) is 0 Å². The summed E-state index contributed by atoms with van der Waals surface area (Å²) in [5.41, 5.74) is 0. The molecule has 0 bridgehead atoms. The molecule has 2 atom stereocenters. The molecule has 0 aromatic carbocycles. The van der Waals surface area contributed by atoms with E-state index in [2.05, 4.69) is 28.2 Å². The molecule has 1 saturated carbocycles. The van der Waals surface area contributed by atoms with Crippen molar-refractivity contribution in [2.24, 2.45) is 0 Å². The molecule has 3 heteroatoms. The average Bonchev–Trinajstić information content (AvgIpc) is 2.76. The molecule has 1 heterocycles. The van der Waals surface area contributed by atoms with Crippen molar-refractivity contribution in [3.63, 3.8) is 0 Å². The molecule has 1 N–H and O–H groups in total. The Kier molecular flexibility index (Phi) is 4.40. The second-order valence-corrected chi connectivity index (χ2v) is 4.71. The van der Waals surface area contributed by atoms with E-state index in [1.807, 2.05) is 12.3 Å². The second kappa shape index (κ2) is 6.04. The molecule has 0 saturated heterocycles. The molecule has 90 valence electrons. The van der Waals surface area contributed by atoms with E-state index >= 15 is 0 Å². The topological polar surface area (TPSA) is 29.9 Å². The van der Waals surface area contributed by atoms with Crippen LogP contribution in [0.3, 0.4) is 0 Å². The molecule has 0 radical (unpaired) electrons. The Morgan fingerprint density at radius 1 is 1.25 bits per heavy atom. The first kappa shape index (κ1) is 11.6. The first-order valence-corrected chi connectivity index (χ1v) is 6.64. The number of hydrogen-bond acceptors (Lipinski definition) is 2. The van der Waals surface area contributed by atoms with Gasteiger partial charge in [0.1, 0.15) is 0 Å². The molecule has 1 aliphatic carbocycles. The van der Waals surface area contributed by atoms with Crippen LogP contribution in [0.4, 0.5) is 0 Å². The van der Waals surface area contributed by atoms with Crippen molar-refractivity contribution in [1.29, 1.82) is 0 Å². The lowest BCUT2D eigenvalue weighted by atomic mass is 9.92. The van der Waals surface area contributed by atoms with E-state index in [0.29, 0.717) is 12.1 Å². The summed E-state index contributed by atoms with van der Waals surface area (Å²) in [7, 11) is 0. The van der Waals surface area contributed by atoms with Crippen molar-refractivity contribution in [2.45, 2.75) is 57.5 Å². The van der Waals surface area contributed by atoms with Crippen molar-refractivity contribution >= 4 is 0 Å². The van der Waals surface area contributed by atoms with Gasteiger partial charge < -0.3 is 5.32 Å². The molecular weight excluding hydrogens is 198 g/mol. The molecule has 1 fully saturated rings. The van der Waals surface area contributed by atoms with Crippen molar-refractivity contribution in [1.82, 2.24) is 15.1 Å². The van der Waals surface area contributed by atoms with Gasteiger partial charge in [-0.1, -0.05) is 32.6 Å². The Hall–Kier alpha value is -0.830. The summed E-state index contributed by atoms with van der Waals surface area (Å²) in [5.74, 6) is 0. The highest BCUT2D eigenvalue weighted by Crippen LogP contribution is 2.26.